The third-order valence-electron chi connectivity index (χ3n) is 12.3. The molecule has 0 aliphatic heterocycles. The van der Waals surface area contributed by atoms with Crippen LogP contribution >= 0.6 is 7.82 Å². The number of carboxylic acids is 1. The summed E-state index contributed by atoms with van der Waals surface area (Å²) < 4.78 is 32.9. The number of carboxylic acid groups (broad SMARTS) is 1. The minimum atomic E-state index is -4.72. The molecule has 0 amide bonds. The van der Waals surface area contributed by atoms with Gasteiger partial charge in [0.1, 0.15) is 12.6 Å². The van der Waals surface area contributed by atoms with Crippen LogP contribution in [0.25, 0.3) is 0 Å². The van der Waals surface area contributed by atoms with E-state index in [1.807, 2.05) is 0 Å². The Morgan fingerprint density at radius 1 is 0.462 bits per heavy atom. The quantitative estimate of drug-likeness (QED) is 0.0229. The summed E-state index contributed by atoms with van der Waals surface area (Å²) >= 11 is 0. The van der Waals surface area contributed by atoms with E-state index >= 15 is 0 Å². The molecule has 0 fully saturated rings. The van der Waals surface area contributed by atoms with E-state index in [0.29, 0.717) is 12.8 Å². The van der Waals surface area contributed by atoms with Crippen LogP contribution in [0.2, 0.25) is 0 Å². The summed E-state index contributed by atoms with van der Waals surface area (Å²) in [6.07, 6.45) is 52.8. The highest BCUT2D eigenvalue weighted by Gasteiger charge is 2.28. The van der Waals surface area contributed by atoms with Crippen molar-refractivity contribution < 1.29 is 47.5 Å². The normalized spacial score (nSPS) is 13.5. The van der Waals surface area contributed by atoms with Crippen molar-refractivity contribution in [3.8, 4) is 0 Å². The van der Waals surface area contributed by atoms with E-state index in [0.717, 1.165) is 38.5 Å². The molecular formula is C53H102NO10P. The first kappa shape index (κ1) is 63.2. The number of phosphoric acid groups is 1. The van der Waals surface area contributed by atoms with Gasteiger partial charge in [-0.3, -0.25) is 23.4 Å². The number of carbonyl (C=O) groups is 3. The molecule has 3 atom stereocenters. The zero-order valence-electron chi connectivity index (χ0n) is 42.1. The monoisotopic (exact) mass is 944 g/mol. The molecule has 0 radical (unpaired) electrons. The molecule has 0 aliphatic carbocycles. The lowest BCUT2D eigenvalue weighted by Crippen LogP contribution is -2.34. The summed E-state index contributed by atoms with van der Waals surface area (Å²) in [5.41, 5.74) is 5.36. The fourth-order valence-electron chi connectivity index (χ4n) is 8.00. The average Bonchev–Trinajstić information content (AvgIpc) is 3.28. The van der Waals surface area contributed by atoms with Gasteiger partial charge in [-0.25, -0.2) is 4.57 Å². The van der Waals surface area contributed by atoms with E-state index in [1.165, 1.54) is 199 Å². The molecule has 12 heteroatoms. The average molecular weight is 944 g/mol. The fraction of sp³-hybridized carbons (Fsp3) is 0.906. The molecule has 0 aromatic rings. The Balaban J connectivity index is 4.17. The van der Waals surface area contributed by atoms with Gasteiger partial charge in [-0.2, -0.15) is 0 Å². The first-order chi connectivity index (χ1) is 31.6. The van der Waals surface area contributed by atoms with Gasteiger partial charge >= 0.3 is 25.7 Å². The van der Waals surface area contributed by atoms with E-state index in [1.54, 1.807) is 0 Å². The maximum absolute atomic E-state index is 12.7. The molecule has 3 unspecified atom stereocenters. The summed E-state index contributed by atoms with van der Waals surface area (Å²) in [6.45, 7) is 2.87. The molecule has 0 rings (SSSR count). The SMILES string of the molecule is CCCCCCCCCC/C=C\CCCCCCCCCCCC(=O)OC(COC(=O)CCCCCCCCCCCCCCCCCCCCCC)COP(=O)(O)OCC(N)C(=O)O. The van der Waals surface area contributed by atoms with E-state index in [4.69, 9.17) is 29.4 Å². The zero-order chi connectivity index (χ0) is 47.7. The summed E-state index contributed by atoms with van der Waals surface area (Å²) in [5.74, 6) is -2.36. The first-order valence-corrected chi connectivity index (χ1v) is 28.7. The number of ether oxygens (including phenoxy) is 2. The van der Waals surface area contributed by atoms with Gasteiger partial charge in [0.25, 0.3) is 0 Å². The van der Waals surface area contributed by atoms with Crippen LogP contribution in [0.4, 0.5) is 0 Å². The van der Waals surface area contributed by atoms with E-state index < -0.39 is 51.1 Å². The Bertz CT molecular complexity index is 1150. The molecule has 384 valence electrons. The van der Waals surface area contributed by atoms with Crippen LogP contribution in [0.15, 0.2) is 12.2 Å². The number of carbonyl (C=O) groups excluding carboxylic acids is 2. The summed E-state index contributed by atoms with van der Waals surface area (Å²) in [4.78, 5) is 46.2. The molecule has 0 spiro atoms. The number of aliphatic carboxylic acids is 1. The van der Waals surface area contributed by atoms with Crippen LogP contribution in [-0.2, 0) is 37.5 Å². The summed E-state index contributed by atoms with van der Waals surface area (Å²) in [6, 6.07) is -1.52. The van der Waals surface area contributed by atoms with Crippen LogP contribution in [0.3, 0.4) is 0 Å². The molecule has 0 aliphatic rings. The number of nitrogens with two attached hydrogens (primary N) is 1. The van der Waals surface area contributed by atoms with Crippen molar-refractivity contribution in [3.05, 3.63) is 12.2 Å². The van der Waals surface area contributed by atoms with Crippen molar-refractivity contribution >= 4 is 25.7 Å². The van der Waals surface area contributed by atoms with E-state index in [-0.39, 0.29) is 19.4 Å². The second kappa shape index (κ2) is 48.7. The van der Waals surface area contributed by atoms with Crippen LogP contribution in [0, 0.1) is 0 Å². The first-order valence-electron chi connectivity index (χ1n) is 27.2. The molecule has 0 aromatic carbocycles. The van der Waals surface area contributed by atoms with Gasteiger partial charge < -0.3 is 25.2 Å². The molecular weight excluding hydrogens is 842 g/mol. The minimum Gasteiger partial charge on any atom is -0.480 e. The summed E-state index contributed by atoms with van der Waals surface area (Å²) in [7, 11) is -4.72. The molecule has 65 heavy (non-hydrogen) atoms. The Kier molecular flexibility index (Phi) is 47.3. The second-order valence-corrected chi connectivity index (χ2v) is 20.2. The van der Waals surface area contributed by atoms with Crippen LogP contribution in [0.5, 0.6) is 0 Å². The lowest BCUT2D eigenvalue weighted by molar-refractivity contribution is -0.161. The predicted octanol–water partition coefficient (Wildman–Crippen LogP) is 15.6. The van der Waals surface area contributed by atoms with Crippen molar-refractivity contribution in [3.63, 3.8) is 0 Å². The van der Waals surface area contributed by atoms with Crippen molar-refractivity contribution in [2.24, 2.45) is 5.73 Å². The molecule has 4 N–H and O–H groups in total. The number of allylic oxidation sites excluding steroid dienone is 2. The molecule has 11 nitrogen and oxygen atoms in total. The minimum absolute atomic E-state index is 0.164. The predicted molar refractivity (Wildman–Crippen MR) is 268 cm³/mol. The fourth-order valence-corrected chi connectivity index (χ4v) is 8.78. The lowest BCUT2D eigenvalue weighted by atomic mass is 10.0. The van der Waals surface area contributed by atoms with Crippen molar-refractivity contribution in [2.75, 3.05) is 19.8 Å². The third-order valence-corrected chi connectivity index (χ3v) is 13.2. The van der Waals surface area contributed by atoms with E-state index in [2.05, 4.69) is 26.0 Å². The summed E-state index contributed by atoms with van der Waals surface area (Å²) in [5, 5.41) is 8.93. The van der Waals surface area contributed by atoms with Gasteiger partial charge in [-0.15, -0.1) is 0 Å². The van der Waals surface area contributed by atoms with Gasteiger partial charge in [0.15, 0.2) is 6.10 Å². The second-order valence-electron chi connectivity index (χ2n) is 18.7. The highest BCUT2D eigenvalue weighted by Crippen LogP contribution is 2.43. The highest BCUT2D eigenvalue weighted by atomic mass is 31.2. The number of esters is 2. The molecule has 0 bridgehead atoms. The zero-order valence-corrected chi connectivity index (χ0v) is 43.0. The molecule has 0 saturated carbocycles. The number of rotatable bonds is 52. The van der Waals surface area contributed by atoms with Gasteiger partial charge in [0.05, 0.1) is 13.2 Å². The number of phosphoric ester groups is 1. The van der Waals surface area contributed by atoms with Gasteiger partial charge in [-0.05, 0) is 38.5 Å². The molecule has 0 saturated heterocycles. The largest absolute Gasteiger partial charge is 0.480 e. The van der Waals surface area contributed by atoms with E-state index in [9.17, 15) is 23.8 Å². The van der Waals surface area contributed by atoms with Gasteiger partial charge in [0, 0.05) is 12.8 Å². The molecule has 0 aromatic heterocycles. The van der Waals surface area contributed by atoms with Crippen LogP contribution in [-0.4, -0.2) is 59.9 Å². The lowest BCUT2D eigenvalue weighted by Gasteiger charge is -2.20. The van der Waals surface area contributed by atoms with Gasteiger partial charge in [-0.1, -0.05) is 238 Å². The Labute approximate surface area is 398 Å². The van der Waals surface area contributed by atoms with Crippen molar-refractivity contribution in [1.29, 1.82) is 0 Å². The van der Waals surface area contributed by atoms with Crippen LogP contribution < -0.4 is 5.73 Å². The van der Waals surface area contributed by atoms with Gasteiger partial charge in [0.2, 0.25) is 0 Å². The standard InChI is InChI=1S/C53H102NO10P/c1-3-5-7-9-11-13-15-17-19-21-23-25-27-29-31-33-35-37-39-41-43-45-52(56)64-49(47-62-65(59,60)63-48-50(54)53(57)58)46-61-51(55)44-42-40-38-36-34-32-30-28-26-24-22-20-18-16-14-12-10-8-6-4-2/h21,23,49-50H,3-20,22,24-48,54H2,1-2H3,(H,57,58)(H,59,60)/b23-21-. The maximum Gasteiger partial charge on any atom is 0.472 e. The third kappa shape index (κ3) is 48.5. The van der Waals surface area contributed by atoms with Crippen molar-refractivity contribution in [2.45, 2.75) is 289 Å². The Morgan fingerprint density at radius 2 is 0.769 bits per heavy atom. The smallest absolute Gasteiger partial charge is 0.472 e. The Hall–Kier alpha value is -1.78. The maximum atomic E-state index is 12.7. The number of hydrogen-bond acceptors (Lipinski definition) is 9. The number of hydrogen-bond donors (Lipinski definition) is 3. The topological polar surface area (TPSA) is 172 Å². The van der Waals surface area contributed by atoms with Crippen LogP contribution in [0.1, 0.15) is 277 Å². The van der Waals surface area contributed by atoms with Crippen molar-refractivity contribution in [1.82, 2.24) is 0 Å². The highest BCUT2D eigenvalue weighted by molar-refractivity contribution is 7.47. The Morgan fingerprint density at radius 3 is 1.12 bits per heavy atom. The number of unbranched alkanes of at least 4 members (excludes halogenated alkanes) is 36. The molecule has 0 heterocycles.